The minimum Gasteiger partial charge on any atom is -0.482 e. The fourth-order valence-electron chi connectivity index (χ4n) is 3.50. The third-order valence-corrected chi connectivity index (χ3v) is 4.90. The monoisotopic (exact) mass is 399 g/mol. The van der Waals surface area contributed by atoms with Crippen LogP contribution in [0.3, 0.4) is 0 Å². The number of carbonyl (C=O) groups is 2. The van der Waals surface area contributed by atoms with Crippen molar-refractivity contribution in [3.05, 3.63) is 59.9 Å². The molecule has 0 aromatic heterocycles. The van der Waals surface area contributed by atoms with Gasteiger partial charge in [0.15, 0.2) is 6.61 Å². The summed E-state index contributed by atoms with van der Waals surface area (Å²) >= 11 is 0. The normalized spacial score (nSPS) is 17.1. The van der Waals surface area contributed by atoms with Crippen LogP contribution in [0.1, 0.15) is 19.4 Å². The Labute approximate surface area is 170 Å². The number of anilines is 1. The van der Waals surface area contributed by atoms with Gasteiger partial charge >= 0.3 is 0 Å². The highest BCUT2D eigenvalue weighted by molar-refractivity contribution is 5.90. The molecule has 2 aromatic carbocycles. The van der Waals surface area contributed by atoms with Gasteiger partial charge in [0.1, 0.15) is 11.6 Å². The third kappa shape index (κ3) is 5.77. The van der Waals surface area contributed by atoms with E-state index in [1.165, 1.54) is 19.1 Å². The average Bonchev–Trinajstić information content (AvgIpc) is 2.68. The summed E-state index contributed by atoms with van der Waals surface area (Å²) in [5.41, 5.74) is 1.60. The second kappa shape index (κ2) is 9.52. The molecule has 1 aliphatic rings. The van der Waals surface area contributed by atoms with Crippen molar-refractivity contribution in [3.8, 4) is 5.75 Å². The van der Waals surface area contributed by atoms with Crippen LogP contribution in [0, 0.1) is 5.82 Å². The molecule has 29 heavy (non-hydrogen) atoms. The molecule has 1 heterocycles. The van der Waals surface area contributed by atoms with Crippen molar-refractivity contribution in [3.63, 3.8) is 0 Å². The van der Waals surface area contributed by atoms with Crippen LogP contribution in [-0.2, 0) is 16.1 Å². The average molecular weight is 399 g/mol. The first-order valence-corrected chi connectivity index (χ1v) is 9.68. The molecule has 1 saturated heterocycles. The predicted octanol–water partition coefficient (Wildman–Crippen LogP) is 2.90. The number of hydrogen-bond acceptors (Lipinski definition) is 4. The highest BCUT2D eigenvalue weighted by Crippen LogP contribution is 2.24. The van der Waals surface area contributed by atoms with Crippen LogP contribution >= 0.6 is 0 Å². The molecule has 1 fully saturated rings. The molecule has 2 amide bonds. The van der Waals surface area contributed by atoms with Gasteiger partial charge < -0.3 is 15.0 Å². The van der Waals surface area contributed by atoms with Gasteiger partial charge in [-0.15, -0.1) is 0 Å². The summed E-state index contributed by atoms with van der Waals surface area (Å²) < 4.78 is 18.7. The quantitative estimate of drug-likeness (QED) is 0.811. The van der Waals surface area contributed by atoms with Gasteiger partial charge in [-0.05, 0) is 36.8 Å². The van der Waals surface area contributed by atoms with Gasteiger partial charge in [-0.3, -0.25) is 14.5 Å². The molecule has 154 valence electrons. The Morgan fingerprint density at radius 1 is 1.14 bits per heavy atom. The topological polar surface area (TPSA) is 61.9 Å². The summed E-state index contributed by atoms with van der Waals surface area (Å²) in [5, 5.41) is 2.70. The number of nitrogens with zero attached hydrogens (tertiary/aromatic N) is 2. The lowest BCUT2D eigenvalue weighted by molar-refractivity contribution is -0.138. The maximum absolute atomic E-state index is 13.1. The van der Waals surface area contributed by atoms with Crippen LogP contribution in [0.25, 0.3) is 0 Å². The molecule has 7 heteroatoms. The first-order valence-electron chi connectivity index (χ1n) is 9.68. The zero-order valence-corrected chi connectivity index (χ0v) is 16.7. The van der Waals surface area contributed by atoms with Crippen molar-refractivity contribution in [2.45, 2.75) is 26.4 Å². The van der Waals surface area contributed by atoms with Crippen LogP contribution in [0.5, 0.6) is 5.75 Å². The summed E-state index contributed by atoms with van der Waals surface area (Å²) in [4.78, 5) is 28.1. The third-order valence-electron chi connectivity index (χ3n) is 4.90. The maximum Gasteiger partial charge on any atom is 0.260 e. The number of nitrogens with one attached hydrogen (secondary N) is 1. The zero-order chi connectivity index (χ0) is 20.8. The number of carbonyl (C=O) groups excluding carboxylic acids is 2. The summed E-state index contributed by atoms with van der Waals surface area (Å²) in [6.07, 6.45) is 0. The molecular weight excluding hydrogens is 373 g/mol. The number of piperazine rings is 1. The number of ether oxygens (including phenoxy) is 1. The van der Waals surface area contributed by atoms with Crippen molar-refractivity contribution in [2.24, 2.45) is 0 Å². The summed E-state index contributed by atoms with van der Waals surface area (Å²) in [6, 6.07) is 13.6. The van der Waals surface area contributed by atoms with Gasteiger partial charge in [0.05, 0.1) is 5.69 Å². The Kier molecular flexibility index (Phi) is 6.82. The predicted molar refractivity (Wildman–Crippen MR) is 109 cm³/mol. The molecule has 3 rings (SSSR count). The molecular formula is C22H26FN3O3. The lowest BCUT2D eigenvalue weighted by Crippen LogP contribution is -2.54. The Bertz CT molecular complexity index is 857. The van der Waals surface area contributed by atoms with E-state index < -0.39 is 0 Å². The van der Waals surface area contributed by atoms with Gasteiger partial charge in [-0.25, -0.2) is 4.39 Å². The van der Waals surface area contributed by atoms with Crippen LogP contribution in [0.4, 0.5) is 10.1 Å². The van der Waals surface area contributed by atoms with E-state index in [0.29, 0.717) is 18.0 Å². The first-order chi connectivity index (χ1) is 13.9. The Morgan fingerprint density at radius 3 is 2.55 bits per heavy atom. The van der Waals surface area contributed by atoms with E-state index in [0.717, 1.165) is 25.2 Å². The van der Waals surface area contributed by atoms with Gasteiger partial charge in [0.25, 0.3) is 5.91 Å². The van der Waals surface area contributed by atoms with Crippen molar-refractivity contribution in [1.82, 2.24) is 9.80 Å². The van der Waals surface area contributed by atoms with E-state index in [4.69, 9.17) is 4.74 Å². The van der Waals surface area contributed by atoms with Crippen LogP contribution in [-0.4, -0.2) is 53.9 Å². The summed E-state index contributed by atoms with van der Waals surface area (Å²) in [5.74, 6) is -0.0499. The van der Waals surface area contributed by atoms with E-state index >= 15 is 0 Å². The smallest absolute Gasteiger partial charge is 0.260 e. The maximum atomic E-state index is 13.1. The van der Waals surface area contributed by atoms with Crippen molar-refractivity contribution < 1.29 is 18.7 Å². The van der Waals surface area contributed by atoms with E-state index in [9.17, 15) is 14.0 Å². The lowest BCUT2D eigenvalue weighted by atomic mass is 10.1. The molecule has 0 radical (unpaired) electrons. The van der Waals surface area contributed by atoms with E-state index in [2.05, 4.69) is 10.2 Å². The van der Waals surface area contributed by atoms with Gasteiger partial charge in [0, 0.05) is 39.1 Å². The Balaban J connectivity index is 1.52. The highest BCUT2D eigenvalue weighted by atomic mass is 19.1. The molecule has 0 saturated carbocycles. The lowest BCUT2D eigenvalue weighted by Gasteiger charge is -2.39. The highest BCUT2D eigenvalue weighted by Gasteiger charge is 2.27. The molecule has 6 nitrogen and oxygen atoms in total. The zero-order valence-electron chi connectivity index (χ0n) is 16.7. The Morgan fingerprint density at radius 2 is 1.86 bits per heavy atom. The molecule has 1 atom stereocenters. The molecule has 0 bridgehead atoms. The minimum absolute atomic E-state index is 0.0471. The standard InChI is InChI=1S/C22H26FN3O3/c1-16-13-25(14-18-7-9-19(23)10-8-18)11-12-26(16)22(28)15-29-21-6-4-3-5-20(21)24-17(2)27/h3-10,16H,11-15H2,1-2H3,(H,24,27). The van der Waals surface area contributed by atoms with Crippen LogP contribution in [0.15, 0.2) is 48.5 Å². The van der Waals surface area contributed by atoms with Gasteiger partial charge in [-0.2, -0.15) is 0 Å². The fourth-order valence-corrected chi connectivity index (χ4v) is 3.50. The number of para-hydroxylation sites is 2. The number of halogens is 1. The second-order valence-electron chi connectivity index (χ2n) is 7.26. The largest absolute Gasteiger partial charge is 0.482 e. The van der Waals surface area contributed by atoms with E-state index in [-0.39, 0.29) is 30.3 Å². The van der Waals surface area contributed by atoms with Gasteiger partial charge in [0.2, 0.25) is 5.91 Å². The molecule has 0 spiro atoms. The number of rotatable bonds is 6. The van der Waals surface area contributed by atoms with Crippen molar-refractivity contribution in [2.75, 3.05) is 31.6 Å². The van der Waals surface area contributed by atoms with E-state index in [1.807, 2.05) is 11.8 Å². The van der Waals surface area contributed by atoms with Crippen LogP contribution < -0.4 is 10.1 Å². The molecule has 2 aromatic rings. The molecule has 1 unspecified atom stereocenters. The Hall–Kier alpha value is -2.93. The number of hydrogen-bond donors (Lipinski definition) is 1. The minimum atomic E-state index is -0.238. The number of amides is 2. The van der Waals surface area contributed by atoms with Crippen molar-refractivity contribution in [1.29, 1.82) is 0 Å². The fraction of sp³-hybridized carbons (Fsp3) is 0.364. The summed E-state index contributed by atoms with van der Waals surface area (Å²) in [6.45, 7) is 6.18. The van der Waals surface area contributed by atoms with Gasteiger partial charge in [-0.1, -0.05) is 24.3 Å². The molecule has 0 aliphatic carbocycles. The SMILES string of the molecule is CC(=O)Nc1ccccc1OCC(=O)N1CCN(Cc2ccc(F)cc2)CC1C. The second-order valence-corrected chi connectivity index (χ2v) is 7.26. The number of benzene rings is 2. The first kappa shape index (κ1) is 20.8. The molecule has 1 N–H and O–H groups in total. The van der Waals surface area contributed by atoms with Crippen molar-refractivity contribution >= 4 is 17.5 Å². The van der Waals surface area contributed by atoms with E-state index in [1.54, 1.807) is 36.4 Å². The summed E-state index contributed by atoms with van der Waals surface area (Å²) in [7, 11) is 0. The molecule has 1 aliphatic heterocycles. The van der Waals surface area contributed by atoms with Crippen LogP contribution in [0.2, 0.25) is 0 Å².